The zero-order chi connectivity index (χ0) is 26.0. The molecule has 3 saturated heterocycles. The Labute approximate surface area is 223 Å². The van der Waals surface area contributed by atoms with E-state index in [1.165, 1.54) is 0 Å². The Kier molecular flexibility index (Phi) is 8.28. The fourth-order valence-corrected chi connectivity index (χ4v) is 8.64. The Hall–Kier alpha value is -1.88. The third-order valence-electron chi connectivity index (χ3n) is 8.42. The summed E-state index contributed by atoms with van der Waals surface area (Å²) in [6, 6.07) is -0.634. The van der Waals surface area contributed by atoms with Crippen molar-refractivity contribution >= 4 is 29.5 Å². The van der Waals surface area contributed by atoms with E-state index in [2.05, 4.69) is 30.1 Å². The third kappa shape index (κ3) is 4.86. The molecular formula is C27H40N4O5S. The molecule has 3 fully saturated rings. The monoisotopic (exact) mass is 532 g/mol. The second-order valence-electron chi connectivity index (χ2n) is 10.7. The van der Waals surface area contributed by atoms with Crippen molar-refractivity contribution < 1.29 is 24.2 Å². The molecule has 9 nitrogen and oxygen atoms in total. The number of hydrogen-bond donors (Lipinski definition) is 1. The van der Waals surface area contributed by atoms with Gasteiger partial charge < -0.3 is 24.5 Å². The van der Waals surface area contributed by atoms with Gasteiger partial charge in [-0.15, -0.1) is 11.8 Å². The average molecular weight is 533 g/mol. The highest BCUT2D eigenvalue weighted by Gasteiger charge is 2.70. The van der Waals surface area contributed by atoms with E-state index in [0.29, 0.717) is 58.8 Å². The molecule has 0 aromatic heterocycles. The van der Waals surface area contributed by atoms with Gasteiger partial charge in [-0.1, -0.05) is 31.2 Å². The van der Waals surface area contributed by atoms with Crippen molar-refractivity contribution in [3.05, 3.63) is 24.3 Å². The van der Waals surface area contributed by atoms with Crippen LogP contribution in [0.2, 0.25) is 0 Å². The van der Waals surface area contributed by atoms with Crippen LogP contribution in [0.1, 0.15) is 26.2 Å². The van der Waals surface area contributed by atoms with Gasteiger partial charge in [-0.3, -0.25) is 19.3 Å². The third-order valence-corrected chi connectivity index (χ3v) is 10.2. The molecule has 0 radical (unpaired) electrons. The van der Waals surface area contributed by atoms with E-state index in [1.54, 1.807) is 16.7 Å². The van der Waals surface area contributed by atoms with Crippen LogP contribution in [0.15, 0.2) is 24.3 Å². The van der Waals surface area contributed by atoms with E-state index < -0.39 is 22.6 Å². The number of morpholine rings is 1. The molecule has 0 bridgehead atoms. The quantitative estimate of drug-likeness (QED) is 0.343. The summed E-state index contributed by atoms with van der Waals surface area (Å²) in [5, 5.41) is 9.24. The van der Waals surface area contributed by atoms with E-state index in [-0.39, 0.29) is 29.6 Å². The van der Waals surface area contributed by atoms with Crippen LogP contribution >= 0.6 is 11.8 Å². The fraction of sp³-hybridized carbons (Fsp3) is 0.741. The lowest BCUT2D eigenvalue weighted by Crippen LogP contribution is -2.54. The van der Waals surface area contributed by atoms with Gasteiger partial charge in [0.1, 0.15) is 6.04 Å². The molecule has 1 unspecified atom stereocenters. The molecule has 5 aliphatic heterocycles. The van der Waals surface area contributed by atoms with Crippen molar-refractivity contribution in [1.29, 1.82) is 0 Å². The number of amides is 3. The van der Waals surface area contributed by atoms with Crippen LogP contribution in [-0.2, 0) is 19.1 Å². The first kappa shape index (κ1) is 26.7. The van der Waals surface area contributed by atoms with Crippen molar-refractivity contribution in [1.82, 2.24) is 19.6 Å². The highest BCUT2D eigenvalue weighted by molar-refractivity contribution is 8.02. The highest BCUT2D eigenvalue weighted by atomic mass is 32.2. The van der Waals surface area contributed by atoms with Gasteiger partial charge in [0, 0.05) is 64.2 Å². The number of aliphatic hydroxyl groups excluding tert-OH is 1. The van der Waals surface area contributed by atoms with Crippen LogP contribution in [0.3, 0.4) is 0 Å². The summed E-state index contributed by atoms with van der Waals surface area (Å²) in [5.74, 6) is -1.11. The fourth-order valence-electron chi connectivity index (χ4n) is 6.63. The van der Waals surface area contributed by atoms with Crippen LogP contribution in [-0.4, -0.2) is 131 Å². The number of ether oxygens (including phenoxy) is 1. The van der Waals surface area contributed by atoms with Crippen LogP contribution in [0.25, 0.3) is 0 Å². The summed E-state index contributed by atoms with van der Waals surface area (Å²) < 4.78 is 4.70. The zero-order valence-electron chi connectivity index (χ0n) is 21.8. The molecule has 10 heteroatoms. The number of hydrogen-bond acceptors (Lipinski definition) is 7. The van der Waals surface area contributed by atoms with Gasteiger partial charge >= 0.3 is 0 Å². The molecular weight excluding hydrogens is 492 g/mol. The summed E-state index contributed by atoms with van der Waals surface area (Å²) in [6.45, 7) is 8.79. The smallest absolute Gasteiger partial charge is 0.247 e. The maximum absolute atomic E-state index is 14.2. The van der Waals surface area contributed by atoms with Gasteiger partial charge in [0.15, 0.2) is 0 Å². The Bertz CT molecular complexity index is 938. The lowest BCUT2D eigenvalue weighted by molar-refractivity contribution is -0.144. The van der Waals surface area contributed by atoms with Gasteiger partial charge in [0.2, 0.25) is 17.7 Å². The summed E-state index contributed by atoms with van der Waals surface area (Å²) in [7, 11) is 0. The largest absolute Gasteiger partial charge is 0.396 e. The minimum atomic E-state index is -0.758. The number of carbonyl (C=O) groups excluding carboxylic acids is 3. The molecule has 5 aliphatic rings. The first-order valence-corrected chi connectivity index (χ1v) is 14.7. The highest BCUT2D eigenvalue weighted by Crippen LogP contribution is 2.61. The van der Waals surface area contributed by atoms with Crippen molar-refractivity contribution in [3.8, 4) is 0 Å². The molecule has 1 N–H and O–H groups in total. The van der Waals surface area contributed by atoms with Gasteiger partial charge in [-0.2, -0.15) is 0 Å². The topological polar surface area (TPSA) is 93.6 Å². The number of aliphatic hydroxyl groups is 1. The molecule has 0 aromatic rings. The number of unbranched alkanes of at least 4 members (excludes halogenated alkanes) is 1. The number of rotatable bonds is 9. The first-order chi connectivity index (χ1) is 18.0. The van der Waals surface area contributed by atoms with Gasteiger partial charge in [-0.05, 0) is 19.3 Å². The van der Waals surface area contributed by atoms with Gasteiger partial charge in [-0.25, -0.2) is 0 Å². The van der Waals surface area contributed by atoms with Crippen molar-refractivity contribution in [2.45, 2.75) is 42.2 Å². The number of carbonyl (C=O) groups is 3. The normalized spacial score (nSPS) is 34.0. The molecule has 5 rings (SSSR count). The predicted molar refractivity (Wildman–Crippen MR) is 142 cm³/mol. The Morgan fingerprint density at radius 3 is 2.49 bits per heavy atom. The van der Waals surface area contributed by atoms with Crippen LogP contribution in [0.4, 0.5) is 0 Å². The molecule has 204 valence electrons. The number of likely N-dealkylation sites (tertiary alicyclic amines) is 1. The number of fused-ring (bicyclic) bond motifs is 2. The number of thioether (sulfide) groups is 1. The molecule has 5 heterocycles. The Balaban J connectivity index is 1.45. The Morgan fingerprint density at radius 1 is 0.973 bits per heavy atom. The van der Waals surface area contributed by atoms with E-state index >= 15 is 0 Å². The molecule has 0 aliphatic carbocycles. The van der Waals surface area contributed by atoms with Gasteiger partial charge in [0.05, 0.1) is 29.8 Å². The average Bonchev–Trinajstić information content (AvgIpc) is 3.22. The maximum Gasteiger partial charge on any atom is 0.247 e. The molecule has 5 atom stereocenters. The van der Waals surface area contributed by atoms with Gasteiger partial charge in [0.25, 0.3) is 0 Å². The Morgan fingerprint density at radius 2 is 1.73 bits per heavy atom. The zero-order valence-corrected chi connectivity index (χ0v) is 22.6. The van der Waals surface area contributed by atoms with E-state index in [9.17, 15) is 19.5 Å². The molecule has 37 heavy (non-hydrogen) atoms. The van der Waals surface area contributed by atoms with E-state index in [0.717, 1.165) is 26.1 Å². The molecule has 1 spiro atoms. The van der Waals surface area contributed by atoms with Crippen LogP contribution < -0.4 is 0 Å². The second-order valence-corrected chi connectivity index (χ2v) is 12.1. The standard InChI is InChI=1S/C27H40N4O5S/c1-2-9-29-10-5-7-20-21(24(29)33)22-25(34)31(12-3-4-17-32)23-26(35)30(11-6-8-27(22,23)37-20)14-13-28-15-18-36-19-16-28/h5-8,20-23,32H,2-4,9-19H2,1H3/t20-,21+,22+,23?,27+/m1/s1. The lowest BCUT2D eigenvalue weighted by Gasteiger charge is -2.36. The van der Waals surface area contributed by atoms with E-state index in [1.807, 2.05) is 15.9 Å². The van der Waals surface area contributed by atoms with Crippen molar-refractivity contribution in [2.24, 2.45) is 11.8 Å². The summed E-state index contributed by atoms with van der Waals surface area (Å²) >= 11 is 1.64. The molecule has 0 aromatic carbocycles. The summed E-state index contributed by atoms with van der Waals surface area (Å²) in [5.41, 5.74) is 0. The SMILES string of the molecule is CCCN1CC=C[C@H]2S[C@]34C=CCN(CCN5CCOCC5)C(=O)C3N(CCCCO)C(=O)[C@@H]4[C@H]2C1=O. The predicted octanol–water partition coefficient (Wildman–Crippen LogP) is 0.595. The lowest BCUT2D eigenvalue weighted by atomic mass is 9.78. The van der Waals surface area contributed by atoms with Crippen molar-refractivity contribution in [2.75, 3.05) is 72.2 Å². The first-order valence-electron chi connectivity index (χ1n) is 13.8. The second kappa shape index (κ2) is 11.5. The van der Waals surface area contributed by atoms with Crippen molar-refractivity contribution in [3.63, 3.8) is 0 Å². The van der Waals surface area contributed by atoms with Crippen LogP contribution in [0.5, 0.6) is 0 Å². The molecule has 3 amide bonds. The summed E-state index contributed by atoms with van der Waals surface area (Å²) in [4.78, 5) is 49.9. The minimum Gasteiger partial charge on any atom is -0.396 e. The minimum absolute atomic E-state index is 0.0242. The van der Waals surface area contributed by atoms with Crippen LogP contribution in [0, 0.1) is 11.8 Å². The maximum atomic E-state index is 14.2. The van der Waals surface area contributed by atoms with E-state index in [4.69, 9.17) is 4.74 Å². The number of nitrogens with zero attached hydrogens (tertiary/aromatic N) is 4. The summed E-state index contributed by atoms with van der Waals surface area (Å²) in [6.07, 6.45) is 10.3. The molecule has 0 saturated carbocycles.